The third-order valence-electron chi connectivity index (χ3n) is 16.4. The Bertz CT molecular complexity index is 1750. The minimum Gasteiger partial charge on any atom is -0.481 e. The topological polar surface area (TPSA) is 119 Å². The van der Waals surface area contributed by atoms with Gasteiger partial charge in [0.15, 0.2) is 5.78 Å². The quantitative estimate of drug-likeness (QED) is 0.202. The van der Waals surface area contributed by atoms with E-state index in [-0.39, 0.29) is 76.0 Å². The van der Waals surface area contributed by atoms with Crippen molar-refractivity contribution in [3.63, 3.8) is 0 Å². The third-order valence-corrected chi connectivity index (χ3v) is 16.4. The van der Waals surface area contributed by atoms with Crippen LogP contribution in [-0.2, 0) is 35.2 Å². The van der Waals surface area contributed by atoms with Gasteiger partial charge in [-0.3, -0.25) is 19.2 Å². The molecule has 8 nitrogen and oxygen atoms in total. The van der Waals surface area contributed by atoms with Gasteiger partial charge in [-0.2, -0.15) is 0 Å². The maximum atomic E-state index is 14.3. The van der Waals surface area contributed by atoms with E-state index in [4.69, 9.17) is 9.47 Å². The number of hydrogen-bond acceptors (Lipinski definition) is 7. The van der Waals surface area contributed by atoms with Gasteiger partial charge in [0.05, 0.1) is 12.8 Å². The number of allylic oxidation sites excluding steroid dienone is 1. The summed E-state index contributed by atoms with van der Waals surface area (Å²) < 4.78 is 26.2. The molecule has 4 fully saturated rings. The molecule has 4 saturated carbocycles. The van der Waals surface area contributed by atoms with E-state index in [1.807, 2.05) is 13.8 Å². The van der Waals surface area contributed by atoms with E-state index in [1.54, 1.807) is 12.1 Å². The highest BCUT2D eigenvalue weighted by molar-refractivity contribution is 6.01. The SMILES string of the molecule is CC(=O)O[C@H](CNCc1ccc(F)cc1)[C@@]12CC[C@]3(C)[C@H](CC[C@@H]4[C@@]5(C)CC[C@H](OC(=O)CC(C)(C)CC(=O)O)C(C)(C)[C@@H]5CC[C@]43C)C1=C(C(C)C)C(=O)C2. The van der Waals surface area contributed by atoms with Crippen LogP contribution in [0.5, 0.6) is 0 Å². The summed E-state index contributed by atoms with van der Waals surface area (Å²) in [6.07, 6.45) is 7.21. The first-order valence-corrected chi connectivity index (χ1v) is 21.3. The largest absolute Gasteiger partial charge is 0.481 e. The first kappa shape index (κ1) is 42.5. The fourth-order valence-electron chi connectivity index (χ4n) is 13.8. The number of rotatable bonds is 12. The van der Waals surface area contributed by atoms with Gasteiger partial charge in [-0.05, 0) is 126 Å². The van der Waals surface area contributed by atoms with E-state index in [0.29, 0.717) is 31.3 Å². The van der Waals surface area contributed by atoms with Gasteiger partial charge >= 0.3 is 17.9 Å². The molecule has 310 valence electrons. The van der Waals surface area contributed by atoms with Gasteiger partial charge in [0, 0.05) is 37.3 Å². The smallest absolute Gasteiger partial charge is 0.306 e. The summed E-state index contributed by atoms with van der Waals surface area (Å²) in [6.45, 7) is 22.4. The molecule has 1 aromatic rings. The number of esters is 2. The molecule has 0 aliphatic heterocycles. The summed E-state index contributed by atoms with van der Waals surface area (Å²) >= 11 is 0. The molecule has 5 aliphatic carbocycles. The van der Waals surface area contributed by atoms with Crippen molar-refractivity contribution in [1.82, 2.24) is 5.32 Å². The van der Waals surface area contributed by atoms with Crippen LogP contribution in [-0.4, -0.2) is 47.6 Å². The minimum absolute atomic E-state index is 0.00622. The second-order valence-corrected chi connectivity index (χ2v) is 21.0. The van der Waals surface area contributed by atoms with Crippen molar-refractivity contribution < 1.29 is 38.1 Å². The summed E-state index contributed by atoms with van der Waals surface area (Å²) in [5.41, 5.74) is 1.62. The average Bonchev–Trinajstić information content (AvgIpc) is 3.39. The van der Waals surface area contributed by atoms with E-state index in [1.165, 1.54) is 24.6 Å². The van der Waals surface area contributed by atoms with Gasteiger partial charge in [0.1, 0.15) is 18.0 Å². The van der Waals surface area contributed by atoms with Crippen molar-refractivity contribution >= 4 is 23.7 Å². The van der Waals surface area contributed by atoms with Crippen molar-refractivity contribution in [1.29, 1.82) is 0 Å². The Morgan fingerprint density at radius 2 is 1.59 bits per heavy atom. The molecule has 0 saturated heterocycles. The van der Waals surface area contributed by atoms with Gasteiger partial charge in [-0.1, -0.05) is 74.4 Å². The molecule has 56 heavy (non-hydrogen) atoms. The molecular weight excluding hydrogens is 710 g/mol. The van der Waals surface area contributed by atoms with Gasteiger partial charge in [-0.25, -0.2) is 4.39 Å². The second-order valence-electron chi connectivity index (χ2n) is 21.0. The zero-order chi connectivity index (χ0) is 41.2. The highest BCUT2D eigenvalue weighted by Gasteiger charge is 2.71. The summed E-state index contributed by atoms with van der Waals surface area (Å²) in [7, 11) is 0. The van der Waals surface area contributed by atoms with E-state index in [2.05, 4.69) is 53.8 Å². The Balaban J connectivity index is 1.28. The third kappa shape index (κ3) is 7.19. The highest BCUT2D eigenvalue weighted by Crippen LogP contribution is 2.77. The van der Waals surface area contributed by atoms with E-state index in [9.17, 15) is 28.7 Å². The molecule has 6 rings (SSSR count). The zero-order valence-electron chi connectivity index (χ0n) is 35.7. The molecule has 0 bridgehead atoms. The van der Waals surface area contributed by atoms with Crippen molar-refractivity contribution in [2.75, 3.05) is 6.54 Å². The standard InChI is InChI=1S/C47H68FNO7/c1-28(2)40-33(51)23-47(37(55-29(3)50)27-49-26-30-11-13-31(48)14-12-30)22-21-45(9)32(41(40)47)15-16-35-44(8)19-18-36(43(6,7)34(44)17-20-46(35,45)10)56-39(54)25-42(4,5)24-38(52)53/h11-14,28,32,34-37,49H,15-27H2,1-10H3,(H,52,53)/t32-,34+,35-,36+,37-,44+,45-,46-,47+/m1/s1. The van der Waals surface area contributed by atoms with E-state index < -0.39 is 22.9 Å². The number of carboxylic acid groups (broad SMARTS) is 1. The molecule has 0 radical (unpaired) electrons. The number of ketones is 1. The van der Waals surface area contributed by atoms with Crippen molar-refractivity contribution in [3.05, 3.63) is 46.8 Å². The van der Waals surface area contributed by atoms with Gasteiger partial charge in [-0.15, -0.1) is 0 Å². The molecule has 1 aromatic carbocycles. The highest BCUT2D eigenvalue weighted by atomic mass is 19.1. The lowest BCUT2D eigenvalue weighted by atomic mass is 9.33. The van der Waals surface area contributed by atoms with E-state index in [0.717, 1.165) is 62.5 Å². The molecular formula is C47H68FNO7. The molecule has 5 aliphatic rings. The predicted molar refractivity (Wildman–Crippen MR) is 214 cm³/mol. The number of Topliss-reactive ketones (excluding diaryl/α,β-unsaturated/α-hetero) is 1. The van der Waals surface area contributed by atoms with Crippen LogP contribution in [0.25, 0.3) is 0 Å². The Morgan fingerprint density at radius 1 is 0.911 bits per heavy atom. The van der Waals surface area contributed by atoms with Crippen LogP contribution in [0.15, 0.2) is 35.4 Å². The Labute approximate surface area is 334 Å². The summed E-state index contributed by atoms with van der Waals surface area (Å²) in [4.78, 5) is 51.8. The molecule has 2 N–H and O–H groups in total. The fourth-order valence-corrected chi connectivity index (χ4v) is 13.8. The number of carbonyl (C=O) groups is 4. The van der Waals surface area contributed by atoms with Gasteiger partial charge in [0.2, 0.25) is 0 Å². The van der Waals surface area contributed by atoms with Crippen molar-refractivity contribution in [2.24, 2.45) is 56.2 Å². The zero-order valence-corrected chi connectivity index (χ0v) is 35.7. The molecule has 9 atom stereocenters. The molecule has 0 spiro atoms. The minimum atomic E-state index is -0.912. The number of nitrogens with one attached hydrogen (secondary N) is 1. The van der Waals surface area contributed by atoms with Gasteiger partial charge in [0.25, 0.3) is 0 Å². The van der Waals surface area contributed by atoms with Crippen LogP contribution in [0.1, 0.15) is 145 Å². The van der Waals surface area contributed by atoms with Crippen molar-refractivity contribution in [2.45, 2.75) is 159 Å². The first-order valence-electron chi connectivity index (χ1n) is 21.3. The maximum Gasteiger partial charge on any atom is 0.306 e. The number of aliphatic carboxylic acids is 1. The van der Waals surface area contributed by atoms with Crippen LogP contribution in [0.3, 0.4) is 0 Å². The molecule has 0 unspecified atom stereocenters. The monoisotopic (exact) mass is 777 g/mol. The Kier molecular flexibility index (Phi) is 11.4. The summed E-state index contributed by atoms with van der Waals surface area (Å²) in [5.74, 6) is -0.603. The van der Waals surface area contributed by atoms with E-state index >= 15 is 0 Å². The normalized spacial score (nSPS) is 35.5. The van der Waals surface area contributed by atoms with Crippen LogP contribution < -0.4 is 5.32 Å². The summed E-state index contributed by atoms with van der Waals surface area (Å²) in [6, 6.07) is 6.42. The lowest BCUT2D eigenvalue weighted by Gasteiger charge is -2.72. The number of benzene rings is 1. The van der Waals surface area contributed by atoms with Gasteiger partial charge < -0.3 is 19.9 Å². The second kappa shape index (κ2) is 14.9. The predicted octanol–water partition coefficient (Wildman–Crippen LogP) is 9.63. The summed E-state index contributed by atoms with van der Waals surface area (Å²) in [5, 5.41) is 12.9. The number of carboxylic acids is 1. The Hall–Kier alpha value is -3.07. The van der Waals surface area contributed by atoms with Crippen LogP contribution in [0, 0.1) is 62.0 Å². The lowest BCUT2D eigenvalue weighted by molar-refractivity contribution is -0.235. The molecule has 0 aromatic heterocycles. The molecule has 0 heterocycles. The van der Waals surface area contributed by atoms with Crippen molar-refractivity contribution in [3.8, 4) is 0 Å². The van der Waals surface area contributed by atoms with Crippen LogP contribution in [0.2, 0.25) is 0 Å². The molecule has 9 heteroatoms. The number of ether oxygens (including phenoxy) is 2. The number of halogens is 1. The fraction of sp³-hybridized carbons (Fsp3) is 0.745. The number of fused-ring (bicyclic) bond motifs is 7. The molecule has 0 amide bonds. The van der Waals surface area contributed by atoms with Crippen LogP contribution in [0.4, 0.5) is 4.39 Å². The average molecular weight is 778 g/mol. The first-order chi connectivity index (χ1) is 26.0. The lowest BCUT2D eigenvalue weighted by Crippen LogP contribution is -2.66. The maximum absolute atomic E-state index is 14.3. The Morgan fingerprint density at radius 3 is 2.21 bits per heavy atom. The number of hydrogen-bond donors (Lipinski definition) is 2. The number of carbonyl (C=O) groups excluding carboxylic acids is 3. The van der Waals surface area contributed by atoms with Crippen LogP contribution >= 0.6 is 0 Å².